The number of aryl methyl sites for hydroxylation is 2. The molecule has 0 saturated carbocycles. The van der Waals surface area contributed by atoms with E-state index in [4.69, 9.17) is 11.6 Å². The van der Waals surface area contributed by atoms with Crippen molar-refractivity contribution in [1.82, 2.24) is 14.8 Å². The Labute approximate surface area is 169 Å². The third-order valence-corrected chi connectivity index (χ3v) is 5.60. The number of carbonyl (C=O) groups excluding carboxylic acids is 1. The van der Waals surface area contributed by atoms with E-state index in [1.54, 1.807) is 6.33 Å². The molecule has 0 bridgehead atoms. The minimum absolute atomic E-state index is 0.104. The number of rotatable bonds is 5. The second kappa shape index (κ2) is 8.24. The number of halogens is 2. The Balaban J connectivity index is 1.69. The zero-order chi connectivity index (χ0) is 18.7. The average molecular weight is 452 g/mol. The van der Waals surface area contributed by atoms with Gasteiger partial charge in [0.05, 0.1) is 11.4 Å². The number of hydrogen-bond acceptors (Lipinski definition) is 4. The molecule has 5 nitrogen and oxygen atoms in total. The quantitative estimate of drug-likeness (QED) is 0.553. The van der Waals surface area contributed by atoms with Crippen LogP contribution in [0, 0.1) is 13.8 Å². The fourth-order valence-electron chi connectivity index (χ4n) is 2.28. The van der Waals surface area contributed by atoms with Crippen molar-refractivity contribution in [1.29, 1.82) is 0 Å². The molecule has 0 aliphatic rings. The SMILES string of the molecule is Cc1ccc(-n2cnnc2SCC(=O)Nc2cc(Br)ccc2C)cc1Cl. The van der Waals surface area contributed by atoms with E-state index in [1.807, 2.05) is 54.8 Å². The van der Waals surface area contributed by atoms with E-state index in [2.05, 4.69) is 31.4 Å². The average Bonchev–Trinajstić information content (AvgIpc) is 3.07. The highest BCUT2D eigenvalue weighted by molar-refractivity contribution is 9.10. The van der Waals surface area contributed by atoms with Gasteiger partial charge in [0.2, 0.25) is 5.91 Å². The summed E-state index contributed by atoms with van der Waals surface area (Å²) in [6, 6.07) is 11.5. The minimum Gasteiger partial charge on any atom is -0.325 e. The molecule has 1 aromatic heterocycles. The number of nitrogens with one attached hydrogen (secondary N) is 1. The first-order valence-corrected chi connectivity index (χ1v) is 9.95. The summed E-state index contributed by atoms with van der Waals surface area (Å²) in [4.78, 5) is 12.3. The highest BCUT2D eigenvalue weighted by Gasteiger charge is 2.12. The molecule has 3 aromatic rings. The highest BCUT2D eigenvalue weighted by Crippen LogP contribution is 2.25. The number of carbonyl (C=O) groups is 1. The van der Waals surface area contributed by atoms with Crippen LogP contribution in [0.15, 0.2) is 52.4 Å². The molecule has 0 aliphatic heterocycles. The predicted octanol–water partition coefficient (Wildman–Crippen LogP) is 5.03. The zero-order valence-corrected chi connectivity index (χ0v) is 17.3. The smallest absolute Gasteiger partial charge is 0.234 e. The fourth-order valence-corrected chi connectivity index (χ4v) is 3.54. The first kappa shape index (κ1) is 18.9. The normalized spacial score (nSPS) is 10.8. The number of nitrogens with zero attached hydrogens (tertiary/aromatic N) is 3. The van der Waals surface area contributed by atoms with Gasteiger partial charge in [-0.15, -0.1) is 10.2 Å². The Morgan fingerprint density at radius 2 is 2.00 bits per heavy atom. The van der Waals surface area contributed by atoms with E-state index in [0.717, 1.165) is 27.0 Å². The number of amides is 1. The Hall–Kier alpha value is -1.83. The van der Waals surface area contributed by atoms with Crippen LogP contribution < -0.4 is 5.32 Å². The molecule has 0 fully saturated rings. The molecule has 8 heteroatoms. The van der Waals surface area contributed by atoms with Crippen LogP contribution in [-0.4, -0.2) is 26.4 Å². The number of benzene rings is 2. The Morgan fingerprint density at radius 1 is 1.23 bits per heavy atom. The number of anilines is 1. The highest BCUT2D eigenvalue weighted by atomic mass is 79.9. The molecule has 0 atom stereocenters. The van der Waals surface area contributed by atoms with Crippen molar-refractivity contribution in [3.63, 3.8) is 0 Å². The third kappa shape index (κ3) is 4.47. The maximum absolute atomic E-state index is 12.3. The molecule has 0 aliphatic carbocycles. The van der Waals surface area contributed by atoms with Crippen molar-refractivity contribution in [2.24, 2.45) is 0 Å². The van der Waals surface area contributed by atoms with Gasteiger partial charge >= 0.3 is 0 Å². The molecule has 0 spiro atoms. The van der Waals surface area contributed by atoms with Gasteiger partial charge in [0.25, 0.3) is 0 Å². The van der Waals surface area contributed by atoms with Crippen molar-refractivity contribution in [3.05, 3.63) is 63.3 Å². The molecule has 0 saturated heterocycles. The minimum atomic E-state index is -0.104. The van der Waals surface area contributed by atoms with Crippen molar-refractivity contribution >= 4 is 50.9 Å². The molecule has 2 aromatic carbocycles. The molecule has 0 unspecified atom stereocenters. The lowest BCUT2D eigenvalue weighted by molar-refractivity contribution is -0.113. The van der Waals surface area contributed by atoms with Gasteiger partial charge in [-0.25, -0.2) is 0 Å². The Bertz CT molecular complexity index is 960. The fraction of sp³-hybridized carbons (Fsp3) is 0.167. The number of hydrogen-bond donors (Lipinski definition) is 1. The number of thioether (sulfide) groups is 1. The van der Waals surface area contributed by atoms with E-state index in [-0.39, 0.29) is 11.7 Å². The van der Waals surface area contributed by atoms with E-state index >= 15 is 0 Å². The van der Waals surface area contributed by atoms with Gasteiger partial charge in [-0.1, -0.05) is 51.4 Å². The van der Waals surface area contributed by atoms with Crippen LogP contribution in [-0.2, 0) is 4.79 Å². The van der Waals surface area contributed by atoms with Gasteiger partial charge < -0.3 is 5.32 Å². The van der Waals surface area contributed by atoms with Gasteiger partial charge in [-0.2, -0.15) is 0 Å². The zero-order valence-electron chi connectivity index (χ0n) is 14.2. The molecule has 1 amide bonds. The van der Waals surface area contributed by atoms with Crippen LogP contribution in [0.25, 0.3) is 5.69 Å². The summed E-state index contributed by atoms with van der Waals surface area (Å²) in [6.45, 7) is 3.90. The monoisotopic (exact) mass is 450 g/mol. The van der Waals surface area contributed by atoms with Crippen LogP contribution in [0.5, 0.6) is 0 Å². The van der Waals surface area contributed by atoms with Crippen LogP contribution in [0.3, 0.4) is 0 Å². The molecule has 3 rings (SSSR count). The second-order valence-electron chi connectivity index (χ2n) is 5.71. The maximum atomic E-state index is 12.3. The van der Waals surface area contributed by atoms with Gasteiger partial charge in [-0.05, 0) is 49.2 Å². The second-order valence-corrected chi connectivity index (χ2v) is 7.98. The molecule has 26 heavy (non-hydrogen) atoms. The summed E-state index contributed by atoms with van der Waals surface area (Å²) < 4.78 is 2.73. The maximum Gasteiger partial charge on any atom is 0.234 e. The van der Waals surface area contributed by atoms with Crippen LogP contribution in [0.4, 0.5) is 5.69 Å². The molecule has 134 valence electrons. The van der Waals surface area contributed by atoms with Crippen LogP contribution >= 0.6 is 39.3 Å². The summed E-state index contributed by atoms with van der Waals surface area (Å²) in [5.41, 5.74) is 3.65. The van der Waals surface area contributed by atoms with Gasteiger partial charge in [0.1, 0.15) is 6.33 Å². The number of aromatic nitrogens is 3. The standard InChI is InChI=1S/C18H16BrClN4OS/c1-11-4-6-14(8-15(11)20)24-10-21-23-18(24)26-9-17(25)22-16-7-13(19)5-3-12(16)2/h3-8,10H,9H2,1-2H3,(H,22,25). The van der Waals surface area contributed by atoms with Crippen LogP contribution in [0.2, 0.25) is 5.02 Å². The van der Waals surface area contributed by atoms with Crippen molar-refractivity contribution in [2.75, 3.05) is 11.1 Å². The third-order valence-electron chi connectivity index (χ3n) is 3.76. The van der Waals surface area contributed by atoms with Crippen molar-refractivity contribution in [3.8, 4) is 5.69 Å². The topological polar surface area (TPSA) is 59.8 Å². The summed E-state index contributed by atoms with van der Waals surface area (Å²) >= 11 is 10.9. The van der Waals surface area contributed by atoms with Gasteiger partial charge in [-0.3, -0.25) is 9.36 Å². The summed E-state index contributed by atoms with van der Waals surface area (Å²) in [5, 5.41) is 12.3. The molecular formula is C18H16BrClN4OS. The van der Waals surface area contributed by atoms with E-state index in [9.17, 15) is 4.79 Å². The first-order chi connectivity index (χ1) is 12.4. The molecule has 1 N–H and O–H groups in total. The molecular weight excluding hydrogens is 436 g/mol. The summed E-state index contributed by atoms with van der Waals surface area (Å²) in [5.74, 6) is 0.122. The Morgan fingerprint density at radius 3 is 2.77 bits per heavy atom. The van der Waals surface area contributed by atoms with E-state index in [0.29, 0.717) is 10.2 Å². The Kier molecular flexibility index (Phi) is 6.01. The van der Waals surface area contributed by atoms with Gasteiger partial charge in [0.15, 0.2) is 5.16 Å². The predicted molar refractivity (Wildman–Crippen MR) is 109 cm³/mol. The first-order valence-electron chi connectivity index (χ1n) is 7.79. The van der Waals surface area contributed by atoms with Crippen LogP contribution in [0.1, 0.15) is 11.1 Å². The molecule has 0 radical (unpaired) electrons. The van der Waals surface area contributed by atoms with Crippen molar-refractivity contribution in [2.45, 2.75) is 19.0 Å². The lowest BCUT2D eigenvalue weighted by atomic mass is 10.2. The van der Waals surface area contributed by atoms with E-state index < -0.39 is 0 Å². The van der Waals surface area contributed by atoms with Crippen molar-refractivity contribution < 1.29 is 4.79 Å². The lowest BCUT2D eigenvalue weighted by Crippen LogP contribution is -2.15. The van der Waals surface area contributed by atoms with Gasteiger partial charge in [0, 0.05) is 15.2 Å². The largest absolute Gasteiger partial charge is 0.325 e. The lowest BCUT2D eigenvalue weighted by Gasteiger charge is -2.10. The summed E-state index contributed by atoms with van der Waals surface area (Å²) in [7, 11) is 0. The molecule has 1 heterocycles. The summed E-state index contributed by atoms with van der Waals surface area (Å²) in [6.07, 6.45) is 1.61. The van der Waals surface area contributed by atoms with E-state index in [1.165, 1.54) is 11.8 Å².